The topological polar surface area (TPSA) is 69.7 Å². The molecular formula is C30H44O5. The third kappa shape index (κ3) is 4.62. The normalized spacial score (nSPS) is 40.1. The Balaban J connectivity index is 1.35. The van der Waals surface area contributed by atoms with Gasteiger partial charge in [-0.1, -0.05) is 38.7 Å². The highest BCUT2D eigenvalue weighted by atomic mass is 16.6. The first-order valence-electron chi connectivity index (χ1n) is 14.4. The zero-order chi connectivity index (χ0) is 24.7. The van der Waals surface area contributed by atoms with Crippen LogP contribution >= 0.6 is 0 Å². The van der Waals surface area contributed by atoms with E-state index in [0.29, 0.717) is 41.8 Å². The van der Waals surface area contributed by atoms with Crippen LogP contribution in [-0.2, 0) is 23.9 Å². The van der Waals surface area contributed by atoms with Crippen molar-refractivity contribution in [3.63, 3.8) is 0 Å². The first kappa shape index (κ1) is 25.0. The Morgan fingerprint density at radius 1 is 1.06 bits per heavy atom. The number of allylic oxidation sites excluding steroid dienone is 1. The average Bonchev–Trinajstić information content (AvgIpc) is 3.14. The molecule has 5 heteroatoms. The molecule has 0 aliphatic heterocycles. The van der Waals surface area contributed by atoms with E-state index in [9.17, 15) is 14.4 Å². The summed E-state index contributed by atoms with van der Waals surface area (Å²) in [6.07, 6.45) is 14.6. The van der Waals surface area contributed by atoms with E-state index in [1.807, 2.05) is 6.08 Å². The quantitative estimate of drug-likeness (QED) is 0.435. The van der Waals surface area contributed by atoms with Crippen LogP contribution < -0.4 is 0 Å². The molecule has 0 spiro atoms. The van der Waals surface area contributed by atoms with E-state index in [1.165, 1.54) is 18.9 Å². The summed E-state index contributed by atoms with van der Waals surface area (Å²) in [6, 6.07) is 0. The summed E-state index contributed by atoms with van der Waals surface area (Å²) in [6.45, 7) is 6.00. The van der Waals surface area contributed by atoms with Gasteiger partial charge in [-0.25, -0.2) is 4.79 Å². The maximum atomic E-state index is 13.6. The lowest BCUT2D eigenvalue weighted by Crippen LogP contribution is -2.50. The van der Waals surface area contributed by atoms with Crippen LogP contribution in [0.1, 0.15) is 104 Å². The van der Waals surface area contributed by atoms with E-state index in [0.717, 1.165) is 70.6 Å². The molecule has 1 unspecified atom stereocenters. The molecule has 5 aliphatic carbocycles. The molecule has 5 aliphatic rings. The fraction of sp³-hybridized carbons (Fsp3) is 0.833. The van der Waals surface area contributed by atoms with Gasteiger partial charge < -0.3 is 9.47 Å². The van der Waals surface area contributed by atoms with Gasteiger partial charge in [0.05, 0.1) is 0 Å². The molecule has 0 amide bonds. The lowest BCUT2D eigenvalue weighted by Gasteiger charge is -2.53. The Morgan fingerprint density at radius 2 is 1.83 bits per heavy atom. The molecular weight excluding hydrogens is 440 g/mol. The van der Waals surface area contributed by atoms with Crippen LogP contribution in [0.15, 0.2) is 11.6 Å². The summed E-state index contributed by atoms with van der Waals surface area (Å²) in [5.41, 5.74) is 1.40. The number of fused-ring (bicyclic) bond motifs is 5. The highest BCUT2D eigenvalue weighted by Crippen LogP contribution is 2.64. The Kier molecular flexibility index (Phi) is 7.16. The van der Waals surface area contributed by atoms with Crippen molar-refractivity contribution in [1.29, 1.82) is 0 Å². The van der Waals surface area contributed by atoms with Gasteiger partial charge in [0.2, 0.25) is 6.10 Å². The Hall–Kier alpha value is -1.65. The number of ether oxygens (including phenoxy) is 2. The van der Waals surface area contributed by atoms with Crippen LogP contribution in [0.4, 0.5) is 0 Å². The molecule has 35 heavy (non-hydrogen) atoms. The smallest absolute Gasteiger partial charge is 0.348 e. The van der Waals surface area contributed by atoms with Gasteiger partial charge in [-0.05, 0) is 93.5 Å². The van der Waals surface area contributed by atoms with E-state index in [2.05, 4.69) is 13.8 Å². The molecule has 4 fully saturated rings. The number of carbonyl (C=O) groups excluding carboxylic acids is 3. The van der Waals surface area contributed by atoms with Crippen molar-refractivity contribution in [1.82, 2.24) is 0 Å². The zero-order valence-corrected chi connectivity index (χ0v) is 21.9. The van der Waals surface area contributed by atoms with Gasteiger partial charge in [0, 0.05) is 24.7 Å². The fourth-order valence-electron chi connectivity index (χ4n) is 9.07. The summed E-state index contributed by atoms with van der Waals surface area (Å²) in [4.78, 5) is 37.5. The van der Waals surface area contributed by atoms with E-state index in [4.69, 9.17) is 9.47 Å². The second-order valence-electron chi connectivity index (χ2n) is 12.5. The zero-order valence-electron chi connectivity index (χ0n) is 21.9. The van der Waals surface area contributed by atoms with E-state index in [1.54, 1.807) is 0 Å². The first-order valence-corrected chi connectivity index (χ1v) is 14.4. The standard InChI is InChI=1S/C30H44O5/c1-4-19-17-26-25-12-10-21-16-22(32)11-13-23(21)24(25)14-15-30(26,3)28(19)35-29(33)27(34-18(2)31)20-8-6-5-7-9-20/h16,19-20,23-28H,4-15,17H2,1-3H3/t19-,23-,24+,25+,26-,27?,28-,30-/m0/s1. The van der Waals surface area contributed by atoms with Crippen molar-refractivity contribution in [3.8, 4) is 0 Å². The minimum absolute atomic E-state index is 0.0173. The van der Waals surface area contributed by atoms with Gasteiger partial charge >= 0.3 is 11.9 Å². The molecule has 0 saturated heterocycles. The minimum Gasteiger partial charge on any atom is -0.459 e. The van der Waals surface area contributed by atoms with E-state index < -0.39 is 12.1 Å². The third-order valence-electron chi connectivity index (χ3n) is 10.7. The number of rotatable bonds is 5. The van der Waals surface area contributed by atoms with Crippen LogP contribution in [0.3, 0.4) is 0 Å². The molecule has 0 radical (unpaired) electrons. The Bertz CT molecular complexity index is 870. The molecule has 0 aromatic rings. The number of carbonyl (C=O) groups is 3. The fourth-order valence-corrected chi connectivity index (χ4v) is 9.07. The molecule has 194 valence electrons. The monoisotopic (exact) mass is 484 g/mol. The summed E-state index contributed by atoms with van der Waals surface area (Å²) in [7, 11) is 0. The lowest BCUT2D eigenvalue weighted by atomic mass is 9.52. The molecule has 8 atom stereocenters. The van der Waals surface area contributed by atoms with Crippen LogP contribution in [0, 0.1) is 40.9 Å². The predicted molar refractivity (Wildman–Crippen MR) is 133 cm³/mol. The predicted octanol–water partition coefficient (Wildman–Crippen LogP) is 6.19. The summed E-state index contributed by atoms with van der Waals surface area (Å²) in [5.74, 6) is 2.53. The molecule has 5 nitrogen and oxygen atoms in total. The number of esters is 2. The van der Waals surface area contributed by atoms with Crippen molar-refractivity contribution in [2.45, 2.75) is 116 Å². The molecule has 0 N–H and O–H groups in total. The molecule has 5 rings (SSSR count). The van der Waals surface area contributed by atoms with Gasteiger partial charge in [-0.2, -0.15) is 0 Å². The molecule has 0 aromatic heterocycles. The molecule has 4 saturated carbocycles. The maximum Gasteiger partial charge on any atom is 0.348 e. The van der Waals surface area contributed by atoms with Crippen LogP contribution in [0.2, 0.25) is 0 Å². The first-order chi connectivity index (χ1) is 16.8. The van der Waals surface area contributed by atoms with Gasteiger partial charge in [-0.3, -0.25) is 9.59 Å². The molecule has 0 bridgehead atoms. The van der Waals surface area contributed by atoms with E-state index in [-0.39, 0.29) is 23.4 Å². The van der Waals surface area contributed by atoms with Crippen molar-refractivity contribution in [2.75, 3.05) is 0 Å². The maximum absolute atomic E-state index is 13.6. The lowest BCUT2D eigenvalue weighted by molar-refractivity contribution is -0.184. The summed E-state index contributed by atoms with van der Waals surface area (Å²) in [5, 5.41) is 0. The highest BCUT2D eigenvalue weighted by Gasteiger charge is 2.60. The Morgan fingerprint density at radius 3 is 2.54 bits per heavy atom. The van der Waals surface area contributed by atoms with Crippen molar-refractivity contribution in [2.24, 2.45) is 40.9 Å². The Labute approximate surface area is 210 Å². The van der Waals surface area contributed by atoms with Gasteiger partial charge in [0.25, 0.3) is 0 Å². The van der Waals surface area contributed by atoms with Gasteiger partial charge in [-0.15, -0.1) is 0 Å². The minimum atomic E-state index is -0.758. The van der Waals surface area contributed by atoms with Crippen LogP contribution in [0.5, 0.6) is 0 Å². The van der Waals surface area contributed by atoms with Crippen LogP contribution in [0.25, 0.3) is 0 Å². The number of hydrogen-bond donors (Lipinski definition) is 0. The van der Waals surface area contributed by atoms with Crippen LogP contribution in [-0.4, -0.2) is 29.9 Å². The average molecular weight is 485 g/mol. The highest BCUT2D eigenvalue weighted by molar-refractivity contribution is 5.91. The van der Waals surface area contributed by atoms with Crippen molar-refractivity contribution >= 4 is 17.7 Å². The largest absolute Gasteiger partial charge is 0.459 e. The number of ketones is 1. The summed E-state index contributed by atoms with van der Waals surface area (Å²) >= 11 is 0. The summed E-state index contributed by atoms with van der Waals surface area (Å²) < 4.78 is 12.0. The SMILES string of the molecule is CC[C@H]1C[C@H]2[C@@H]3CCC4=CC(=O)CC[C@@H]4[C@H]3CC[C@]2(C)[C@H]1OC(=O)C(OC(C)=O)C1CCCCC1. The van der Waals surface area contributed by atoms with Crippen molar-refractivity contribution < 1.29 is 23.9 Å². The van der Waals surface area contributed by atoms with E-state index >= 15 is 0 Å². The second-order valence-corrected chi connectivity index (χ2v) is 12.5. The van der Waals surface area contributed by atoms with Gasteiger partial charge in [0.15, 0.2) is 5.78 Å². The van der Waals surface area contributed by atoms with Gasteiger partial charge in [0.1, 0.15) is 6.10 Å². The number of hydrogen-bond acceptors (Lipinski definition) is 5. The third-order valence-corrected chi connectivity index (χ3v) is 10.7. The molecule has 0 aromatic carbocycles. The second kappa shape index (κ2) is 10.0. The molecule has 0 heterocycles. The van der Waals surface area contributed by atoms with Crippen molar-refractivity contribution in [3.05, 3.63) is 11.6 Å².